The van der Waals surface area contributed by atoms with E-state index in [1.54, 1.807) is 0 Å². The first-order valence-corrected chi connectivity index (χ1v) is 10.7. The van der Waals surface area contributed by atoms with Crippen molar-refractivity contribution in [2.24, 2.45) is 22.6 Å². The van der Waals surface area contributed by atoms with Crippen LogP contribution in [0.5, 0.6) is 0 Å². The lowest BCUT2D eigenvalue weighted by Crippen LogP contribution is -2.21. The van der Waals surface area contributed by atoms with E-state index < -0.39 is 0 Å². The second-order valence-corrected chi connectivity index (χ2v) is 9.07. The highest BCUT2D eigenvalue weighted by Crippen LogP contribution is 2.20. The van der Waals surface area contributed by atoms with Gasteiger partial charge in [0.1, 0.15) is 5.84 Å². The van der Waals surface area contributed by atoms with E-state index in [-0.39, 0.29) is 5.92 Å². The van der Waals surface area contributed by atoms with Crippen molar-refractivity contribution in [3.8, 4) is 0 Å². The van der Waals surface area contributed by atoms with Crippen molar-refractivity contribution in [2.45, 2.75) is 66.2 Å². The van der Waals surface area contributed by atoms with E-state index in [2.05, 4.69) is 90.1 Å². The predicted octanol–water partition coefficient (Wildman–Crippen LogP) is 6.35. The molecule has 2 heteroatoms. The monoisotopic (exact) mass is 378 g/mol. The highest BCUT2D eigenvalue weighted by Gasteiger charge is 2.12. The van der Waals surface area contributed by atoms with Crippen LogP contribution in [0.1, 0.15) is 75.6 Å². The summed E-state index contributed by atoms with van der Waals surface area (Å²) in [6.45, 7) is 14.1. The summed E-state index contributed by atoms with van der Waals surface area (Å²) in [5.74, 6) is 2.60. The number of nitrogens with zero attached hydrogens (tertiary/aromatic N) is 1. The van der Waals surface area contributed by atoms with Gasteiger partial charge in [-0.25, -0.2) is 0 Å². The Labute approximate surface area is 172 Å². The molecule has 0 bridgehead atoms. The van der Waals surface area contributed by atoms with Crippen molar-refractivity contribution in [2.75, 3.05) is 6.54 Å². The zero-order chi connectivity index (χ0) is 20.7. The third-order valence-corrected chi connectivity index (χ3v) is 5.31. The minimum Gasteiger partial charge on any atom is -0.387 e. The maximum absolute atomic E-state index is 6.32. The third kappa shape index (κ3) is 6.82. The van der Waals surface area contributed by atoms with Gasteiger partial charge in [-0.05, 0) is 46.9 Å². The molecule has 2 N–H and O–H groups in total. The van der Waals surface area contributed by atoms with Gasteiger partial charge >= 0.3 is 0 Å². The lowest BCUT2D eigenvalue weighted by Gasteiger charge is -2.15. The second kappa shape index (κ2) is 10.5. The molecule has 0 unspecified atom stereocenters. The van der Waals surface area contributed by atoms with Gasteiger partial charge in [0.25, 0.3) is 0 Å². The molecule has 0 amide bonds. The van der Waals surface area contributed by atoms with Crippen LogP contribution in [0, 0.1) is 11.8 Å². The highest BCUT2D eigenvalue weighted by atomic mass is 14.9. The SMILES string of the molecule is CC(C)Cc1ccc([C@@H](C)CN=C(N)[C@H](C)c2ccc(CC(C)C)cc2)cc1. The highest BCUT2D eigenvalue weighted by molar-refractivity contribution is 5.87. The number of hydrogen-bond acceptors (Lipinski definition) is 1. The van der Waals surface area contributed by atoms with Gasteiger partial charge < -0.3 is 5.73 Å². The van der Waals surface area contributed by atoms with Crippen LogP contribution in [0.2, 0.25) is 0 Å². The van der Waals surface area contributed by atoms with Crippen LogP contribution in [0.15, 0.2) is 53.5 Å². The maximum Gasteiger partial charge on any atom is 0.101 e. The molecular formula is C26H38N2. The van der Waals surface area contributed by atoms with Gasteiger partial charge in [-0.1, -0.05) is 90.1 Å². The fraction of sp³-hybridized carbons (Fsp3) is 0.500. The average Bonchev–Trinajstić information content (AvgIpc) is 2.65. The predicted molar refractivity (Wildman–Crippen MR) is 123 cm³/mol. The normalized spacial score (nSPS) is 14.5. The number of nitrogens with two attached hydrogens (primary N) is 1. The van der Waals surface area contributed by atoms with Gasteiger partial charge in [0.05, 0.1) is 0 Å². The molecule has 0 aromatic heterocycles. The van der Waals surface area contributed by atoms with Crippen LogP contribution in [0.25, 0.3) is 0 Å². The topological polar surface area (TPSA) is 38.4 Å². The van der Waals surface area contributed by atoms with E-state index in [1.165, 1.54) is 22.3 Å². The summed E-state index contributed by atoms with van der Waals surface area (Å²) in [7, 11) is 0. The Bertz CT molecular complexity index is 739. The van der Waals surface area contributed by atoms with Crippen LogP contribution in [-0.2, 0) is 12.8 Å². The number of aliphatic imine (C=N–C) groups is 1. The summed E-state index contributed by atoms with van der Waals surface area (Å²) >= 11 is 0. The summed E-state index contributed by atoms with van der Waals surface area (Å²) < 4.78 is 0. The van der Waals surface area contributed by atoms with E-state index in [0.717, 1.165) is 25.2 Å². The molecule has 0 saturated carbocycles. The van der Waals surface area contributed by atoms with Crippen molar-refractivity contribution in [1.29, 1.82) is 0 Å². The van der Waals surface area contributed by atoms with Gasteiger partial charge in [-0.2, -0.15) is 0 Å². The van der Waals surface area contributed by atoms with E-state index >= 15 is 0 Å². The van der Waals surface area contributed by atoms with E-state index in [0.29, 0.717) is 17.8 Å². The lowest BCUT2D eigenvalue weighted by molar-refractivity contribution is 0.646. The Hall–Kier alpha value is -2.09. The van der Waals surface area contributed by atoms with Crippen LogP contribution >= 0.6 is 0 Å². The summed E-state index contributed by atoms with van der Waals surface area (Å²) in [6, 6.07) is 17.8. The average molecular weight is 379 g/mol. The first-order valence-electron chi connectivity index (χ1n) is 10.7. The fourth-order valence-corrected chi connectivity index (χ4v) is 3.52. The standard InChI is InChI=1S/C26H38N2/c1-18(2)15-22-7-11-24(12-8-22)20(5)17-28-26(27)21(6)25-13-9-23(10-14-25)16-19(3)4/h7-14,18-21H,15-17H2,1-6H3,(H2,27,28)/t20-,21+/m0/s1. The van der Waals surface area contributed by atoms with Crippen molar-refractivity contribution in [3.05, 3.63) is 70.8 Å². The minimum atomic E-state index is 0.147. The molecule has 0 aliphatic carbocycles. The number of benzene rings is 2. The molecule has 0 fully saturated rings. The quantitative estimate of drug-likeness (QED) is 0.401. The summed E-state index contributed by atoms with van der Waals surface area (Å²) in [5, 5.41) is 0. The van der Waals surface area contributed by atoms with Crippen LogP contribution in [0.4, 0.5) is 0 Å². The largest absolute Gasteiger partial charge is 0.387 e. The molecule has 0 radical (unpaired) electrons. The Morgan fingerprint density at radius 1 is 0.714 bits per heavy atom. The van der Waals surface area contributed by atoms with Gasteiger partial charge in [-0.15, -0.1) is 0 Å². The molecule has 2 atom stereocenters. The van der Waals surface area contributed by atoms with E-state index in [9.17, 15) is 0 Å². The Kier molecular flexibility index (Phi) is 8.29. The maximum atomic E-state index is 6.32. The lowest BCUT2D eigenvalue weighted by atomic mass is 9.95. The van der Waals surface area contributed by atoms with Crippen molar-refractivity contribution in [1.82, 2.24) is 0 Å². The van der Waals surface area contributed by atoms with Gasteiger partial charge in [-0.3, -0.25) is 4.99 Å². The van der Waals surface area contributed by atoms with Crippen molar-refractivity contribution < 1.29 is 0 Å². The zero-order valence-electron chi connectivity index (χ0n) is 18.6. The molecule has 2 aromatic rings. The van der Waals surface area contributed by atoms with Crippen LogP contribution in [0.3, 0.4) is 0 Å². The van der Waals surface area contributed by atoms with Gasteiger partial charge in [0.2, 0.25) is 0 Å². The fourth-order valence-electron chi connectivity index (χ4n) is 3.52. The van der Waals surface area contributed by atoms with Gasteiger partial charge in [0.15, 0.2) is 0 Å². The van der Waals surface area contributed by atoms with E-state index in [4.69, 9.17) is 10.7 Å². The summed E-state index contributed by atoms with van der Waals surface area (Å²) in [4.78, 5) is 4.71. The molecule has 28 heavy (non-hydrogen) atoms. The number of rotatable bonds is 9. The van der Waals surface area contributed by atoms with Crippen LogP contribution < -0.4 is 5.73 Å². The Morgan fingerprint density at radius 2 is 1.14 bits per heavy atom. The smallest absolute Gasteiger partial charge is 0.101 e. The van der Waals surface area contributed by atoms with Crippen LogP contribution in [-0.4, -0.2) is 12.4 Å². The molecule has 2 nitrogen and oxygen atoms in total. The number of amidine groups is 1. The Morgan fingerprint density at radius 3 is 1.57 bits per heavy atom. The molecule has 0 saturated heterocycles. The molecule has 0 aliphatic heterocycles. The first-order chi connectivity index (χ1) is 13.3. The molecule has 0 heterocycles. The van der Waals surface area contributed by atoms with Crippen molar-refractivity contribution >= 4 is 5.84 Å². The summed E-state index contributed by atoms with van der Waals surface area (Å²) in [6.07, 6.45) is 2.25. The second-order valence-electron chi connectivity index (χ2n) is 9.07. The molecule has 0 aliphatic rings. The molecule has 152 valence electrons. The van der Waals surface area contributed by atoms with Gasteiger partial charge in [0, 0.05) is 18.4 Å². The minimum absolute atomic E-state index is 0.147. The van der Waals surface area contributed by atoms with Crippen molar-refractivity contribution in [3.63, 3.8) is 0 Å². The molecule has 0 spiro atoms. The van der Waals surface area contributed by atoms with E-state index in [1.807, 2.05) is 0 Å². The summed E-state index contributed by atoms with van der Waals surface area (Å²) in [5.41, 5.74) is 11.7. The zero-order valence-corrected chi connectivity index (χ0v) is 18.6. The third-order valence-electron chi connectivity index (χ3n) is 5.31. The number of hydrogen-bond donors (Lipinski definition) is 1. The Balaban J connectivity index is 1.96. The molecular weight excluding hydrogens is 340 g/mol. The molecule has 2 aromatic carbocycles. The molecule has 2 rings (SSSR count). The first kappa shape index (κ1) is 22.2.